The quantitative estimate of drug-likeness (QED) is 0.144. The van der Waals surface area contributed by atoms with Gasteiger partial charge in [0.2, 0.25) is 0 Å². The van der Waals surface area contributed by atoms with Crippen LogP contribution in [0.5, 0.6) is 0 Å². The van der Waals surface area contributed by atoms with Crippen molar-refractivity contribution in [1.82, 2.24) is 4.40 Å². The molecule has 0 aliphatic rings. The van der Waals surface area contributed by atoms with Crippen LogP contribution in [-0.4, -0.2) is 23.4 Å². The maximum atomic E-state index is 14.9. The van der Waals surface area contributed by atoms with Gasteiger partial charge in [-0.05, 0) is 30.7 Å². The number of fused-ring (bicyclic) bond motifs is 1. The zero-order valence-corrected chi connectivity index (χ0v) is 19.0. The molecule has 2 heterocycles. The smallest absolute Gasteiger partial charge is 0.344 e. The molecule has 0 saturated heterocycles. The first-order valence-electron chi connectivity index (χ1n) is 9.99. The lowest BCUT2D eigenvalue weighted by molar-refractivity contribution is 0.0593. The Kier molecular flexibility index (Phi) is 6.44. The van der Waals surface area contributed by atoms with E-state index in [4.69, 9.17) is 11.6 Å². The number of aromatic nitrogens is 1. The maximum Gasteiger partial charge on any atom is 0.344 e. The van der Waals surface area contributed by atoms with Gasteiger partial charge in [0.15, 0.2) is 29.1 Å². The lowest BCUT2D eigenvalue weighted by Crippen LogP contribution is -2.14. The number of carbonyl (C=O) groups excluding carboxylic acids is 2. The van der Waals surface area contributed by atoms with Gasteiger partial charge in [0.1, 0.15) is 22.1 Å². The summed E-state index contributed by atoms with van der Waals surface area (Å²) >= 11 is 6.18. The molecule has 4 aromatic rings. The van der Waals surface area contributed by atoms with E-state index in [1.165, 1.54) is 31.2 Å². The van der Waals surface area contributed by atoms with Crippen molar-refractivity contribution < 1.29 is 40.7 Å². The van der Waals surface area contributed by atoms with Crippen LogP contribution in [0.1, 0.15) is 26.3 Å². The molecule has 36 heavy (non-hydrogen) atoms. The molecule has 186 valence electrons. The summed E-state index contributed by atoms with van der Waals surface area (Å²) in [5.41, 5.74) is -2.36. The van der Waals surface area contributed by atoms with Crippen molar-refractivity contribution in [1.29, 1.82) is 0 Å². The maximum absolute atomic E-state index is 14.9. The normalized spacial score (nSPS) is 11.1. The van der Waals surface area contributed by atoms with E-state index in [9.17, 15) is 35.9 Å². The topological polar surface area (TPSA) is 59.8 Å². The van der Waals surface area contributed by atoms with Gasteiger partial charge >= 0.3 is 5.97 Å². The molecule has 0 atom stereocenters. The molecule has 12 heteroatoms. The summed E-state index contributed by atoms with van der Waals surface area (Å²) in [5.74, 6) is -10.9. The molecule has 0 aliphatic heterocycles. The number of nitrogens with zero attached hydrogens (tertiary/aromatic N) is 1. The van der Waals surface area contributed by atoms with Crippen LogP contribution < -0.4 is 5.32 Å². The number of nitrogens with one attached hydrogen (secondary N) is 1. The van der Waals surface area contributed by atoms with Gasteiger partial charge in [0, 0.05) is 17.3 Å². The summed E-state index contributed by atoms with van der Waals surface area (Å²) in [7, 11) is 0.932. The average molecular weight is 527 g/mol. The summed E-state index contributed by atoms with van der Waals surface area (Å²) in [6.45, 7) is 1.28. The van der Waals surface area contributed by atoms with Crippen LogP contribution in [0, 0.1) is 41.8 Å². The third-order valence-corrected chi connectivity index (χ3v) is 5.78. The lowest BCUT2D eigenvalue weighted by Gasteiger charge is -2.12. The summed E-state index contributed by atoms with van der Waals surface area (Å²) in [4.78, 5) is 24.3. The van der Waals surface area contributed by atoms with Gasteiger partial charge < -0.3 is 10.1 Å². The SMILES string of the molecule is COC(=O)c1c(F)c(F)c2c(F)c(C)c(-c3ccc(NC(=O)c4cc(F)c(F)cc4F)cc3)n2c1Cl. The molecule has 0 radical (unpaired) electrons. The molecule has 4 rings (SSSR count). The highest BCUT2D eigenvalue weighted by molar-refractivity contribution is 6.33. The lowest BCUT2D eigenvalue weighted by atomic mass is 10.1. The fraction of sp³-hybridized carbons (Fsp3) is 0.0833. The van der Waals surface area contributed by atoms with Crippen molar-refractivity contribution in [2.45, 2.75) is 6.92 Å². The Balaban J connectivity index is 1.78. The van der Waals surface area contributed by atoms with E-state index in [-0.39, 0.29) is 28.6 Å². The first kappa shape index (κ1) is 25.1. The molecular formula is C24H13ClF6N2O3. The van der Waals surface area contributed by atoms with Gasteiger partial charge in [-0.2, -0.15) is 0 Å². The van der Waals surface area contributed by atoms with Crippen LogP contribution in [0.4, 0.5) is 32.0 Å². The van der Waals surface area contributed by atoms with Crippen molar-refractivity contribution in [3.63, 3.8) is 0 Å². The Morgan fingerprint density at radius 2 is 1.50 bits per heavy atom. The standard InChI is InChI=1S/C24H13ClF6N2O3/c1-9-17(29)21-19(31)18(30)16(24(35)36-2)22(25)33(21)20(9)10-3-5-11(6-4-10)32-23(34)12-7-14(27)15(28)8-13(12)26/h3-8H,1-2H3,(H,32,34). The van der Waals surface area contributed by atoms with Gasteiger partial charge in [-0.25, -0.2) is 31.1 Å². The van der Waals surface area contributed by atoms with E-state index < -0.39 is 68.6 Å². The highest BCUT2D eigenvalue weighted by atomic mass is 35.5. The molecule has 2 aromatic carbocycles. The number of methoxy groups -OCH3 is 1. The minimum atomic E-state index is -1.68. The zero-order valence-electron chi connectivity index (χ0n) is 18.3. The summed E-state index contributed by atoms with van der Waals surface area (Å²) < 4.78 is 89.8. The molecule has 0 spiro atoms. The van der Waals surface area contributed by atoms with Crippen molar-refractivity contribution >= 4 is 34.7 Å². The van der Waals surface area contributed by atoms with Gasteiger partial charge in [-0.1, -0.05) is 23.7 Å². The largest absolute Gasteiger partial charge is 0.465 e. The summed E-state index contributed by atoms with van der Waals surface area (Å²) in [5, 5.41) is 1.66. The molecule has 1 amide bonds. The fourth-order valence-corrected chi connectivity index (χ4v) is 4.02. The first-order chi connectivity index (χ1) is 17.0. The van der Waals surface area contributed by atoms with E-state index in [0.717, 1.165) is 11.5 Å². The second-order valence-electron chi connectivity index (χ2n) is 7.53. The van der Waals surface area contributed by atoms with Crippen LogP contribution in [0.2, 0.25) is 5.15 Å². The Labute approximate surface area is 203 Å². The number of carbonyl (C=O) groups is 2. The third kappa shape index (κ3) is 3.95. The van der Waals surface area contributed by atoms with Crippen LogP contribution >= 0.6 is 11.6 Å². The number of rotatable bonds is 4. The number of benzene rings is 2. The van der Waals surface area contributed by atoms with E-state index >= 15 is 0 Å². The number of pyridine rings is 1. The molecule has 0 saturated carbocycles. The minimum absolute atomic E-state index is 0.0268. The predicted molar refractivity (Wildman–Crippen MR) is 118 cm³/mol. The number of ether oxygens (including phenoxy) is 1. The van der Waals surface area contributed by atoms with Crippen LogP contribution in [0.25, 0.3) is 16.8 Å². The molecular weight excluding hydrogens is 514 g/mol. The van der Waals surface area contributed by atoms with Gasteiger partial charge in [0.05, 0.1) is 18.4 Å². The Hall–Kier alpha value is -3.99. The van der Waals surface area contributed by atoms with Crippen molar-refractivity contribution in [3.8, 4) is 11.3 Å². The Morgan fingerprint density at radius 1 is 0.889 bits per heavy atom. The number of halogens is 7. The van der Waals surface area contributed by atoms with E-state index in [2.05, 4.69) is 10.1 Å². The fourth-order valence-electron chi connectivity index (χ4n) is 3.69. The highest BCUT2D eigenvalue weighted by Crippen LogP contribution is 2.37. The highest BCUT2D eigenvalue weighted by Gasteiger charge is 2.31. The van der Waals surface area contributed by atoms with E-state index in [1.807, 2.05) is 0 Å². The van der Waals surface area contributed by atoms with Gasteiger partial charge in [-0.15, -0.1) is 0 Å². The number of anilines is 1. The molecule has 0 aliphatic carbocycles. The Morgan fingerprint density at radius 3 is 2.11 bits per heavy atom. The summed E-state index contributed by atoms with van der Waals surface area (Å²) in [6.07, 6.45) is 0. The van der Waals surface area contributed by atoms with Gasteiger partial charge in [-0.3, -0.25) is 9.20 Å². The van der Waals surface area contributed by atoms with Crippen LogP contribution in [0.15, 0.2) is 36.4 Å². The first-order valence-corrected chi connectivity index (χ1v) is 10.4. The molecule has 0 unspecified atom stereocenters. The monoisotopic (exact) mass is 526 g/mol. The van der Waals surface area contributed by atoms with Crippen LogP contribution in [0.3, 0.4) is 0 Å². The van der Waals surface area contributed by atoms with Crippen LogP contribution in [-0.2, 0) is 4.74 Å². The van der Waals surface area contributed by atoms with Crippen molar-refractivity contribution in [2.75, 3.05) is 12.4 Å². The second-order valence-corrected chi connectivity index (χ2v) is 7.89. The molecule has 2 aromatic heterocycles. The predicted octanol–water partition coefficient (Wildman–Crippen LogP) is 6.44. The molecule has 5 nitrogen and oxygen atoms in total. The Bertz CT molecular complexity index is 1570. The second kappa shape index (κ2) is 9.23. The third-order valence-electron chi connectivity index (χ3n) is 5.42. The van der Waals surface area contributed by atoms with Crippen molar-refractivity contribution in [2.24, 2.45) is 0 Å². The molecule has 0 fully saturated rings. The van der Waals surface area contributed by atoms with Gasteiger partial charge in [0.25, 0.3) is 5.91 Å². The van der Waals surface area contributed by atoms with Crippen molar-refractivity contribution in [3.05, 3.63) is 93.1 Å². The summed E-state index contributed by atoms with van der Waals surface area (Å²) in [6, 6.07) is 5.94. The zero-order chi connectivity index (χ0) is 26.5. The van der Waals surface area contributed by atoms with E-state index in [1.54, 1.807) is 0 Å². The number of esters is 1. The average Bonchev–Trinajstić information content (AvgIpc) is 3.11. The number of hydrogen-bond acceptors (Lipinski definition) is 3. The molecule has 1 N–H and O–H groups in total. The molecule has 0 bridgehead atoms. The number of hydrogen-bond donors (Lipinski definition) is 1. The number of amides is 1. The van der Waals surface area contributed by atoms with E-state index in [0.29, 0.717) is 6.07 Å². The minimum Gasteiger partial charge on any atom is -0.465 e.